The van der Waals surface area contributed by atoms with Gasteiger partial charge in [-0.05, 0) is 65.3 Å². The quantitative estimate of drug-likeness (QED) is 0.0800. The number of carbonyl (C=O) groups is 1. The van der Waals surface area contributed by atoms with Gasteiger partial charge in [-0.3, -0.25) is 14.9 Å². The van der Waals surface area contributed by atoms with Crippen molar-refractivity contribution in [2.24, 2.45) is 0 Å². The Kier molecular flexibility index (Phi) is 10.5. The fraction of sp³-hybridized carbons (Fsp3) is 0.206. The summed E-state index contributed by atoms with van der Waals surface area (Å²) < 4.78 is 2.71. The number of nitrogens with one attached hydrogen (secondary N) is 2. The number of rotatable bonds is 12. The molecular weight excluding hydrogens is 652 g/mol. The molecule has 0 saturated carbocycles. The van der Waals surface area contributed by atoms with Gasteiger partial charge >= 0.3 is 0 Å². The summed E-state index contributed by atoms with van der Waals surface area (Å²) in [7, 11) is 0. The zero-order chi connectivity index (χ0) is 31.8. The molecule has 0 radical (unpaired) electrons. The van der Waals surface area contributed by atoms with Crippen LogP contribution in [0, 0.1) is 10.1 Å². The number of nitrogens with zero attached hydrogens (tertiary/aromatic N) is 4. The van der Waals surface area contributed by atoms with Crippen molar-refractivity contribution in [2.75, 3.05) is 11.9 Å². The molecule has 5 aromatic rings. The van der Waals surface area contributed by atoms with Crippen LogP contribution < -0.4 is 10.6 Å². The number of thiocarbonyl (C=S) groups is 1. The molecule has 1 aromatic heterocycles. The number of carbonyl (C=O) groups excluding carboxylic acids is 1. The summed E-state index contributed by atoms with van der Waals surface area (Å²) in [6.45, 7) is 3.16. The Hall–Kier alpha value is -4.61. The number of nitro benzene ring substituents is 1. The smallest absolute Gasteiger partial charge is 0.269 e. The molecule has 45 heavy (non-hydrogen) atoms. The van der Waals surface area contributed by atoms with E-state index in [2.05, 4.69) is 73.7 Å². The largest absolute Gasteiger partial charge is 0.351 e. The van der Waals surface area contributed by atoms with Crippen molar-refractivity contribution in [1.29, 1.82) is 0 Å². The molecule has 0 fully saturated rings. The SMILES string of the molecule is CCC[C@@H](CN(Cc1cccc2ccccc12)C(=S)Nc1cccc(Br)c1)NC(=O)Cc1cncn1-c1ccc([N+](=O)[O-])cc1. The zero-order valence-electron chi connectivity index (χ0n) is 24.7. The summed E-state index contributed by atoms with van der Waals surface area (Å²) in [5.74, 6) is -0.145. The molecule has 0 aliphatic heterocycles. The Balaban J connectivity index is 1.34. The molecule has 4 aromatic carbocycles. The molecule has 11 heteroatoms. The Labute approximate surface area is 275 Å². The van der Waals surface area contributed by atoms with E-state index in [1.807, 2.05) is 36.4 Å². The van der Waals surface area contributed by atoms with Crippen molar-refractivity contribution in [1.82, 2.24) is 19.8 Å². The minimum atomic E-state index is -0.441. The molecule has 0 aliphatic rings. The van der Waals surface area contributed by atoms with Gasteiger partial charge in [-0.1, -0.05) is 77.8 Å². The lowest BCUT2D eigenvalue weighted by Gasteiger charge is -2.31. The van der Waals surface area contributed by atoms with Crippen LogP contribution >= 0.6 is 28.1 Å². The monoisotopic (exact) mass is 684 g/mol. The van der Waals surface area contributed by atoms with Gasteiger partial charge < -0.3 is 20.1 Å². The second-order valence-corrected chi connectivity index (χ2v) is 12.0. The van der Waals surface area contributed by atoms with E-state index in [4.69, 9.17) is 12.2 Å². The molecule has 9 nitrogen and oxygen atoms in total. The Bertz CT molecular complexity index is 1800. The van der Waals surface area contributed by atoms with Gasteiger partial charge in [-0.2, -0.15) is 0 Å². The number of anilines is 1. The molecule has 2 N–H and O–H groups in total. The van der Waals surface area contributed by atoms with E-state index >= 15 is 0 Å². The van der Waals surface area contributed by atoms with Gasteiger partial charge in [-0.25, -0.2) is 4.98 Å². The van der Waals surface area contributed by atoms with Gasteiger partial charge in [0.2, 0.25) is 5.91 Å². The highest BCUT2D eigenvalue weighted by Gasteiger charge is 2.21. The van der Waals surface area contributed by atoms with Crippen LogP contribution in [0.3, 0.4) is 0 Å². The van der Waals surface area contributed by atoms with Crippen LogP contribution in [0.15, 0.2) is 108 Å². The van der Waals surface area contributed by atoms with E-state index in [1.54, 1.807) is 29.2 Å². The van der Waals surface area contributed by atoms with Crippen molar-refractivity contribution in [3.05, 3.63) is 129 Å². The van der Waals surface area contributed by atoms with Crippen molar-refractivity contribution < 1.29 is 9.72 Å². The predicted molar refractivity (Wildman–Crippen MR) is 185 cm³/mol. The first-order chi connectivity index (χ1) is 21.8. The molecule has 1 amide bonds. The van der Waals surface area contributed by atoms with Crippen LogP contribution in [0.2, 0.25) is 0 Å². The first kappa shape index (κ1) is 31.8. The number of halogens is 1. The van der Waals surface area contributed by atoms with Gasteiger partial charge in [-0.15, -0.1) is 0 Å². The number of nitro groups is 1. The van der Waals surface area contributed by atoms with Crippen molar-refractivity contribution >= 4 is 61.3 Å². The number of aromatic nitrogens is 2. The number of benzene rings is 4. The summed E-state index contributed by atoms with van der Waals surface area (Å²) in [4.78, 5) is 30.4. The van der Waals surface area contributed by atoms with Crippen LogP contribution in [0.5, 0.6) is 0 Å². The molecule has 5 rings (SSSR count). The zero-order valence-corrected chi connectivity index (χ0v) is 27.1. The summed E-state index contributed by atoms with van der Waals surface area (Å²) >= 11 is 9.50. The Morgan fingerprint density at radius 3 is 2.58 bits per heavy atom. The second-order valence-electron chi connectivity index (χ2n) is 10.7. The fourth-order valence-corrected chi connectivity index (χ4v) is 5.97. The third-order valence-electron chi connectivity index (χ3n) is 7.44. The van der Waals surface area contributed by atoms with E-state index in [9.17, 15) is 14.9 Å². The maximum Gasteiger partial charge on any atom is 0.269 e. The first-order valence-electron chi connectivity index (χ1n) is 14.6. The Morgan fingerprint density at radius 1 is 1.07 bits per heavy atom. The molecule has 1 atom stereocenters. The molecule has 1 heterocycles. The van der Waals surface area contributed by atoms with E-state index in [0.717, 1.165) is 39.3 Å². The lowest BCUT2D eigenvalue weighted by Crippen LogP contribution is -2.47. The number of amides is 1. The molecule has 0 bridgehead atoms. The molecule has 0 spiro atoms. The summed E-state index contributed by atoms with van der Waals surface area (Å²) in [5, 5.41) is 20.6. The highest BCUT2D eigenvalue weighted by molar-refractivity contribution is 9.10. The minimum absolute atomic E-state index is 0.000855. The Morgan fingerprint density at radius 2 is 1.82 bits per heavy atom. The van der Waals surface area contributed by atoms with Gasteiger partial charge in [0, 0.05) is 53.3 Å². The molecule has 230 valence electrons. The summed E-state index contributed by atoms with van der Waals surface area (Å²) in [6, 6.07) is 28.4. The standard InChI is InChI=1S/C34H33BrN6O3S/c1-2-7-28(37-33(42)19-31-20-36-23-40(31)29-14-16-30(17-15-29)41(43)44)22-39(34(45)38-27-12-6-11-26(35)18-27)21-25-10-5-9-24-8-3-4-13-32(24)25/h3-6,8-18,20,23,28H,2,7,19,21-22H2,1H3,(H,37,42)(H,38,45)/t28-/m0/s1. The predicted octanol–water partition coefficient (Wildman–Crippen LogP) is 7.42. The van der Waals surface area contributed by atoms with Crippen molar-refractivity contribution in [3.8, 4) is 5.69 Å². The van der Waals surface area contributed by atoms with E-state index in [1.165, 1.54) is 12.1 Å². The number of hydrogen-bond donors (Lipinski definition) is 2. The molecule has 0 unspecified atom stereocenters. The van der Waals surface area contributed by atoms with Crippen LogP contribution in [-0.2, 0) is 17.8 Å². The third kappa shape index (κ3) is 8.31. The van der Waals surface area contributed by atoms with Crippen LogP contribution in [-0.4, -0.2) is 43.0 Å². The summed E-state index contributed by atoms with van der Waals surface area (Å²) in [5.41, 5.74) is 3.38. The second kappa shape index (κ2) is 14.9. The van der Waals surface area contributed by atoms with Crippen molar-refractivity contribution in [2.45, 2.75) is 38.8 Å². The molecule has 0 saturated heterocycles. The minimum Gasteiger partial charge on any atom is -0.351 e. The maximum absolute atomic E-state index is 13.4. The average molecular weight is 686 g/mol. The number of non-ortho nitro benzene ring substituents is 1. The summed E-state index contributed by atoms with van der Waals surface area (Å²) in [6.07, 6.45) is 4.98. The molecule has 0 aliphatic carbocycles. The van der Waals surface area contributed by atoms with Crippen molar-refractivity contribution in [3.63, 3.8) is 0 Å². The van der Waals surface area contributed by atoms with E-state index < -0.39 is 4.92 Å². The van der Waals surface area contributed by atoms with E-state index in [-0.39, 0.29) is 24.1 Å². The average Bonchev–Trinajstić information content (AvgIpc) is 3.48. The topological polar surface area (TPSA) is 105 Å². The lowest BCUT2D eigenvalue weighted by molar-refractivity contribution is -0.384. The highest BCUT2D eigenvalue weighted by atomic mass is 79.9. The van der Waals surface area contributed by atoms with Gasteiger partial charge in [0.25, 0.3) is 5.69 Å². The van der Waals surface area contributed by atoms with Gasteiger partial charge in [0.05, 0.1) is 23.4 Å². The third-order valence-corrected chi connectivity index (χ3v) is 8.30. The fourth-order valence-electron chi connectivity index (χ4n) is 5.31. The number of fused-ring (bicyclic) bond motifs is 1. The van der Waals surface area contributed by atoms with Gasteiger partial charge in [0.1, 0.15) is 0 Å². The lowest BCUT2D eigenvalue weighted by atomic mass is 10.0. The highest BCUT2D eigenvalue weighted by Crippen LogP contribution is 2.22. The number of hydrogen-bond acceptors (Lipinski definition) is 5. The van der Waals surface area contributed by atoms with Gasteiger partial charge in [0.15, 0.2) is 5.11 Å². The van der Waals surface area contributed by atoms with Crippen LogP contribution in [0.4, 0.5) is 11.4 Å². The maximum atomic E-state index is 13.4. The van der Waals surface area contributed by atoms with E-state index in [0.29, 0.717) is 29.6 Å². The normalized spacial score (nSPS) is 11.6. The molecular formula is C34H33BrN6O3S. The number of imidazole rings is 1. The first-order valence-corrected chi connectivity index (χ1v) is 15.8. The van der Waals surface area contributed by atoms with Crippen LogP contribution in [0.1, 0.15) is 31.0 Å². The van der Waals surface area contributed by atoms with Crippen LogP contribution in [0.25, 0.3) is 16.5 Å².